The van der Waals surface area contributed by atoms with Crippen LogP contribution in [0.5, 0.6) is 5.88 Å². The zero-order valence-corrected chi connectivity index (χ0v) is 13.1. The lowest BCUT2D eigenvalue weighted by molar-refractivity contribution is 0.423. The number of halogens is 1. The number of rotatable bonds is 2. The van der Waals surface area contributed by atoms with Gasteiger partial charge in [0.25, 0.3) is 0 Å². The molecule has 4 nitrogen and oxygen atoms in total. The SMILES string of the molecule is Cc1ccc(-c2nn3c(O)c(C(C)C)c(C)nc3c2F)cc1. The van der Waals surface area contributed by atoms with Gasteiger partial charge in [-0.15, -0.1) is 0 Å². The molecule has 1 N–H and O–H groups in total. The Bertz CT molecular complexity index is 851. The van der Waals surface area contributed by atoms with Crippen LogP contribution in [0, 0.1) is 19.7 Å². The van der Waals surface area contributed by atoms with E-state index in [2.05, 4.69) is 10.1 Å². The van der Waals surface area contributed by atoms with E-state index in [0.717, 1.165) is 5.56 Å². The first-order chi connectivity index (χ1) is 10.4. The molecule has 0 amide bonds. The standard InChI is InChI=1S/C17H18FN3O/c1-9(2)13-11(4)19-16-14(18)15(20-21(16)17(13)22)12-7-5-10(3)6-8-12/h5-9,22H,1-4H3. The maximum absolute atomic E-state index is 14.7. The maximum atomic E-state index is 14.7. The van der Waals surface area contributed by atoms with Crippen molar-refractivity contribution in [3.05, 3.63) is 46.9 Å². The van der Waals surface area contributed by atoms with Gasteiger partial charge in [-0.1, -0.05) is 43.7 Å². The number of hydrogen-bond donors (Lipinski definition) is 1. The molecular formula is C17H18FN3O. The molecule has 0 fully saturated rings. The number of fused-ring (bicyclic) bond motifs is 1. The molecule has 5 heteroatoms. The van der Waals surface area contributed by atoms with Gasteiger partial charge in [-0.2, -0.15) is 9.61 Å². The van der Waals surface area contributed by atoms with E-state index in [1.54, 1.807) is 6.92 Å². The zero-order valence-electron chi connectivity index (χ0n) is 13.1. The van der Waals surface area contributed by atoms with Crippen LogP contribution in [0.15, 0.2) is 24.3 Å². The van der Waals surface area contributed by atoms with Crippen LogP contribution in [-0.2, 0) is 0 Å². The predicted octanol–water partition coefficient (Wildman–Crippen LogP) is 3.98. The van der Waals surface area contributed by atoms with Crippen LogP contribution < -0.4 is 0 Å². The number of nitrogens with zero attached hydrogens (tertiary/aromatic N) is 3. The van der Waals surface area contributed by atoms with E-state index in [4.69, 9.17) is 0 Å². The summed E-state index contributed by atoms with van der Waals surface area (Å²) in [4.78, 5) is 4.29. The summed E-state index contributed by atoms with van der Waals surface area (Å²) in [5.41, 5.74) is 3.31. The molecule has 2 heterocycles. The van der Waals surface area contributed by atoms with Crippen LogP contribution in [0.3, 0.4) is 0 Å². The van der Waals surface area contributed by atoms with Crippen molar-refractivity contribution in [1.29, 1.82) is 0 Å². The molecule has 0 aliphatic heterocycles. The number of benzene rings is 1. The molecule has 0 atom stereocenters. The average Bonchev–Trinajstić information content (AvgIpc) is 2.77. The van der Waals surface area contributed by atoms with E-state index < -0.39 is 5.82 Å². The fourth-order valence-corrected chi connectivity index (χ4v) is 2.70. The first-order valence-corrected chi connectivity index (χ1v) is 7.25. The molecule has 3 rings (SSSR count). The lowest BCUT2D eigenvalue weighted by Crippen LogP contribution is -2.03. The molecule has 3 aromatic rings. The van der Waals surface area contributed by atoms with Crippen molar-refractivity contribution in [2.24, 2.45) is 0 Å². The van der Waals surface area contributed by atoms with Crippen molar-refractivity contribution in [2.75, 3.05) is 0 Å². The summed E-state index contributed by atoms with van der Waals surface area (Å²) >= 11 is 0. The Hall–Kier alpha value is -2.43. The largest absolute Gasteiger partial charge is 0.493 e. The van der Waals surface area contributed by atoms with Gasteiger partial charge in [0.15, 0.2) is 11.5 Å². The average molecular weight is 299 g/mol. The normalized spacial score (nSPS) is 11.5. The molecule has 0 unspecified atom stereocenters. The Morgan fingerprint density at radius 1 is 1.14 bits per heavy atom. The first kappa shape index (κ1) is 14.5. The van der Waals surface area contributed by atoms with Crippen molar-refractivity contribution in [2.45, 2.75) is 33.6 Å². The number of aryl methyl sites for hydroxylation is 2. The van der Waals surface area contributed by atoms with E-state index in [0.29, 0.717) is 16.8 Å². The summed E-state index contributed by atoms with van der Waals surface area (Å²) < 4.78 is 15.8. The van der Waals surface area contributed by atoms with Crippen LogP contribution in [0.1, 0.15) is 36.6 Å². The highest BCUT2D eigenvalue weighted by atomic mass is 19.1. The van der Waals surface area contributed by atoms with Crippen LogP contribution in [0.4, 0.5) is 4.39 Å². The van der Waals surface area contributed by atoms with E-state index in [9.17, 15) is 9.50 Å². The lowest BCUT2D eigenvalue weighted by Gasteiger charge is -2.11. The lowest BCUT2D eigenvalue weighted by atomic mass is 10.0. The minimum atomic E-state index is -0.516. The third-order valence-electron chi connectivity index (χ3n) is 3.81. The fraction of sp³-hybridized carbons (Fsp3) is 0.294. The van der Waals surface area contributed by atoms with Gasteiger partial charge in [0.2, 0.25) is 5.88 Å². The molecule has 2 aromatic heterocycles. The Balaban J connectivity index is 2.29. The molecule has 0 radical (unpaired) electrons. The second-order valence-electron chi connectivity index (χ2n) is 5.85. The summed E-state index contributed by atoms with van der Waals surface area (Å²) in [7, 11) is 0. The molecule has 0 aliphatic rings. The van der Waals surface area contributed by atoms with Crippen molar-refractivity contribution in [1.82, 2.24) is 14.6 Å². The molecule has 114 valence electrons. The van der Waals surface area contributed by atoms with E-state index in [-0.39, 0.29) is 23.1 Å². The summed E-state index contributed by atoms with van der Waals surface area (Å²) in [6.07, 6.45) is 0. The maximum Gasteiger partial charge on any atom is 0.219 e. The topological polar surface area (TPSA) is 50.4 Å². The number of aromatic hydroxyl groups is 1. The van der Waals surface area contributed by atoms with Crippen molar-refractivity contribution in [3.8, 4) is 17.1 Å². The van der Waals surface area contributed by atoms with Crippen LogP contribution in [0.2, 0.25) is 0 Å². The predicted molar refractivity (Wildman–Crippen MR) is 83.6 cm³/mol. The monoisotopic (exact) mass is 299 g/mol. The molecule has 22 heavy (non-hydrogen) atoms. The second-order valence-corrected chi connectivity index (χ2v) is 5.85. The minimum absolute atomic E-state index is 0.0465. The zero-order chi connectivity index (χ0) is 16.0. The summed E-state index contributed by atoms with van der Waals surface area (Å²) in [6, 6.07) is 7.43. The van der Waals surface area contributed by atoms with Gasteiger partial charge in [-0.3, -0.25) is 0 Å². The molecule has 0 aliphatic carbocycles. The van der Waals surface area contributed by atoms with Crippen LogP contribution in [-0.4, -0.2) is 19.7 Å². The van der Waals surface area contributed by atoms with Crippen molar-refractivity contribution >= 4 is 5.65 Å². The van der Waals surface area contributed by atoms with Gasteiger partial charge in [-0.25, -0.2) is 9.37 Å². The third-order valence-corrected chi connectivity index (χ3v) is 3.81. The Labute approximate surface area is 128 Å². The molecular weight excluding hydrogens is 281 g/mol. The van der Waals surface area contributed by atoms with Gasteiger partial charge < -0.3 is 5.11 Å². The summed E-state index contributed by atoms with van der Waals surface area (Å²) in [5.74, 6) is -0.487. The van der Waals surface area contributed by atoms with Gasteiger partial charge in [0.1, 0.15) is 5.69 Å². The molecule has 0 saturated heterocycles. The molecule has 1 aromatic carbocycles. The summed E-state index contributed by atoms with van der Waals surface area (Å²) in [5, 5.41) is 14.6. The number of aromatic nitrogens is 3. The van der Waals surface area contributed by atoms with E-state index in [1.807, 2.05) is 45.0 Å². The van der Waals surface area contributed by atoms with E-state index in [1.165, 1.54) is 4.52 Å². The quantitative estimate of drug-likeness (QED) is 0.778. The fourth-order valence-electron chi connectivity index (χ4n) is 2.70. The van der Waals surface area contributed by atoms with Gasteiger partial charge in [0.05, 0.1) is 0 Å². The smallest absolute Gasteiger partial charge is 0.219 e. The number of hydrogen-bond acceptors (Lipinski definition) is 3. The highest BCUT2D eigenvalue weighted by Gasteiger charge is 2.22. The van der Waals surface area contributed by atoms with Crippen molar-refractivity contribution < 1.29 is 9.50 Å². The molecule has 0 saturated carbocycles. The van der Waals surface area contributed by atoms with Crippen LogP contribution >= 0.6 is 0 Å². The van der Waals surface area contributed by atoms with Crippen molar-refractivity contribution in [3.63, 3.8) is 0 Å². The van der Waals surface area contributed by atoms with Gasteiger partial charge in [0, 0.05) is 16.8 Å². The third kappa shape index (κ3) is 2.13. The molecule has 0 spiro atoms. The molecule has 0 bridgehead atoms. The first-order valence-electron chi connectivity index (χ1n) is 7.25. The van der Waals surface area contributed by atoms with Crippen LogP contribution in [0.25, 0.3) is 16.9 Å². The van der Waals surface area contributed by atoms with E-state index >= 15 is 0 Å². The Kier molecular flexibility index (Phi) is 3.35. The summed E-state index contributed by atoms with van der Waals surface area (Å²) in [6.45, 7) is 7.65. The Morgan fingerprint density at radius 3 is 2.36 bits per heavy atom. The highest BCUT2D eigenvalue weighted by Crippen LogP contribution is 2.32. The highest BCUT2D eigenvalue weighted by molar-refractivity contribution is 5.66. The Morgan fingerprint density at radius 2 is 1.77 bits per heavy atom. The minimum Gasteiger partial charge on any atom is -0.493 e. The van der Waals surface area contributed by atoms with Gasteiger partial charge >= 0.3 is 0 Å². The van der Waals surface area contributed by atoms with Gasteiger partial charge in [-0.05, 0) is 19.8 Å². The second kappa shape index (κ2) is 5.09.